The number of halogens is 2. The lowest BCUT2D eigenvalue weighted by atomic mass is 10.1. The molecule has 5 rings (SSSR count). The first-order valence-corrected chi connectivity index (χ1v) is 11.3. The molecule has 0 atom stereocenters. The maximum absolute atomic E-state index is 13.1. The third kappa shape index (κ3) is 4.53. The zero-order valence-corrected chi connectivity index (χ0v) is 20.1. The molecule has 0 fully saturated rings. The molecule has 1 aromatic carbocycles. The molecule has 0 amide bonds. The van der Waals surface area contributed by atoms with Crippen molar-refractivity contribution in [1.29, 1.82) is 0 Å². The second-order valence-corrected chi connectivity index (χ2v) is 8.30. The summed E-state index contributed by atoms with van der Waals surface area (Å²) in [7, 11) is 1.63. The molecule has 4 heterocycles. The first kappa shape index (κ1) is 22.8. The van der Waals surface area contributed by atoms with Crippen LogP contribution in [-0.4, -0.2) is 34.3 Å². The smallest absolute Gasteiger partial charge is 0.323 e. The Hall–Kier alpha value is -4.02. The Morgan fingerprint density at radius 3 is 2.49 bits per heavy atom. The fourth-order valence-corrected chi connectivity index (χ4v) is 4.07. The number of hydrogen-bond acceptors (Lipinski definition) is 8. The van der Waals surface area contributed by atoms with Gasteiger partial charge in [0.15, 0.2) is 0 Å². The summed E-state index contributed by atoms with van der Waals surface area (Å²) in [4.78, 5) is 30.3. The van der Waals surface area contributed by atoms with Gasteiger partial charge < -0.3 is 10.1 Å². The molecule has 0 aliphatic heterocycles. The Morgan fingerprint density at radius 2 is 1.80 bits per heavy atom. The molecule has 0 unspecified atom stereocenters. The Balaban J connectivity index is 1.41. The largest absolute Gasteiger partial charge is 0.404 e. The van der Waals surface area contributed by atoms with Crippen molar-refractivity contribution in [2.45, 2.75) is 13.5 Å². The van der Waals surface area contributed by atoms with E-state index >= 15 is 0 Å². The minimum Gasteiger partial charge on any atom is -0.404 e. The maximum Gasteiger partial charge on any atom is 0.323 e. The molecule has 12 heteroatoms. The highest BCUT2D eigenvalue weighted by Gasteiger charge is 2.16. The number of aromatic nitrogens is 7. The number of ether oxygens (including phenoxy) is 1. The molecule has 5 aromatic rings. The van der Waals surface area contributed by atoms with Gasteiger partial charge in [-0.25, -0.2) is 15.0 Å². The van der Waals surface area contributed by atoms with E-state index in [2.05, 4.69) is 30.4 Å². The average molecular weight is 509 g/mol. The van der Waals surface area contributed by atoms with E-state index in [1.54, 1.807) is 48.3 Å². The van der Waals surface area contributed by atoms with Gasteiger partial charge in [0, 0.05) is 43.0 Å². The molecule has 1 N–H and O–H groups in total. The molecule has 0 bridgehead atoms. The fourth-order valence-electron chi connectivity index (χ4n) is 3.47. The first-order valence-electron chi connectivity index (χ1n) is 10.5. The molecule has 0 aliphatic carbocycles. The maximum atomic E-state index is 13.1. The van der Waals surface area contributed by atoms with Crippen LogP contribution in [0.1, 0.15) is 6.92 Å². The number of fused-ring (bicyclic) bond motifs is 1. The summed E-state index contributed by atoms with van der Waals surface area (Å²) in [6.07, 6.45) is 6.49. The average Bonchev–Trinajstić information content (AvgIpc) is 3.31. The summed E-state index contributed by atoms with van der Waals surface area (Å²) in [5, 5.41) is 8.69. The molecule has 0 spiro atoms. The molecule has 0 saturated heterocycles. The van der Waals surface area contributed by atoms with Crippen LogP contribution in [0.5, 0.6) is 11.9 Å². The third-order valence-corrected chi connectivity index (χ3v) is 5.83. The highest BCUT2D eigenvalue weighted by Crippen LogP contribution is 2.33. The molecule has 0 radical (unpaired) electrons. The van der Waals surface area contributed by atoms with Gasteiger partial charge in [0.05, 0.1) is 33.7 Å². The molecule has 4 aromatic heterocycles. The number of anilines is 2. The van der Waals surface area contributed by atoms with E-state index < -0.39 is 0 Å². The van der Waals surface area contributed by atoms with Gasteiger partial charge in [-0.3, -0.25) is 14.0 Å². The molecular weight excluding hydrogens is 491 g/mol. The Kier molecular flexibility index (Phi) is 6.06. The van der Waals surface area contributed by atoms with Crippen molar-refractivity contribution in [3.63, 3.8) is 0 Å². The first-order chi connectivity index (χ1) is 16.9. The van der Waals surface area contributed by atoms with E-state index in [1.165, 1.54) is 17.0 Å². The highest BCUT2D eigenvalue weighted by atomic mass is 35.5. The lowest BCUT2D eigenvalue weighted by Crippen LogP contribution is -2.20. The zero-order valence-electron chi connectivity index (χ0n) is 18.6. The van der Waals surface area contributed by atoms with E-state index in [1.807, 2.05) is 13.1 Å². The van der Waals surface area contributed by atoms with Crippen LogP contribution in [-0.2, 0) is 13.6 Å². The standard InChI is InChI=1S/C23H18Cl2N8O2/c1-3-33-8-7-18(31-33)35-23-27-11-14(12-28-23)29-22-26-10-13-9-15(21(34)32(2)20(13)30-22)19-16(24)5-4-6-17(19)25/h4-12H,3H2,1-2H3,(H,26,29,30). The second-order valence-electron chi connectivity index (χ2n) is 7.48. The third-order valence-electron chi connectivity index (χ3n) is 5.20. The van der Waals surface area contributed by atoms with Crippen LogP contribution < -0.4 is 15.6 Å². The molecule has 0 aliphatic rings. The number of aryl methyl sites for hydroxylation is 2. The van der Waals surface area contributed by atoms with Crippen molar-refractivity contribution in [3.05, 3.63) is 75.5 Å². The number of pyridine rings is 1. The van der Waals surface area contributed by atoms with E-state index in [0.717, 1.165) is 6.54 Å². The van der Waals surface area contributed by atoms with Crippen LogP contribution in [0.15, 0.2) is 59.9 Å². The normalized spacial score (nSPS) is 11.1. The van der Waals surface area contributed by atoms with Gasteiger partial charge in [0.1, 0.15) is 5.65 Å². The molecular formula is C23H18Cl2N8O2. The molecule has 176 valence electrons. The van der Waals surface area contributed by atoms with Crippen LogP contribution in [0.2, 0.25) is 10.0 Å². The summed E-state index contributed by atoms with van der Waals surface area (Å²) in [6.45, 7) is 2.72. The van der Waals surface area contributed by atoms with Crippen molar-refractivity contribution in [2.75, 3.05) is 5.32 Å². The van der Waals surface area contributed by atoms with E-state index in [0.29, 0.717) is 43.8 Å². The summed E-state index contributed by atoms with van der Waals surface area (Å²) in [5.74, 6) is 0.679. The summed E-state index contributed by atoms with van der Waals surface area (Å²) in [5.41, 5.74) is 1.54. The Bertz CT molecular complexity index is 1580. The number of nitrogens with zero attached hydrogens (tertiary/aromatic N) is 7. The van der Waals surface area contributed by atoms with Crippen LogP contribution in [0.3, 0.4) is 0 Å². The van der Waals surface area contributed by atoms with Crippen molar-refractivity contribution < 1.29 is 4.74 Å². The van der Waals surface area contributed by atoms with Gasteiger partial charge in [-0.05, 0) is 25.1 Å². The van der Waals surface area contributed by atoms with Crippen molar-refractivity contribution in [1.82, 2.24) is 34.3 Å². The molecule has 0 saturated carbocycles. The Morgan fingerprint density at radius 1 is 1.06 bits per heavy atom. The lowest BCUT2D eigenvalue weighted by molar-refractivity contribution is 0.415. The highest BCUT2D eigenvalue weighted by molar-refractivity contribution is 6.39. The van der Waals surface area contributed by atoms with Crippen LogP contribution >= 0.6 is 23.2 Å². The van der Waals surface area contributed by atoms with Gasteiger partial charge >= 0.3 is 6.01 Å². The summed E-state index contributed by atoms with van der Waals surface area (Å²) in [6, 6.07) is 8.67. The number of benzene rings is 1. The van der Waals surface area contributed by atoms with E-state index in [4.69, 9.17) is 27.9 Å². The lowest BCUT2D eigenvalue weighted by Gasteiger charge is -2.12. The fraction of sp³-hybridized carbons (Fsp3) is 0.130. The van der Waals surface area contributed by atoms with Crippen LogP contribution in [0, 0.1) is 0 Å². The SMILES string of the molecule is CCn1ccc(Oc2ncc(Nc3ncc4cc(-c5c(Cl)cccc5Cl)c(=O)n(C)c4n3)cn2)n1. The van der Waals surface area contributed by atoms with Crippen LogP contribution in [0.25, 0.3) is 22.2 Å². The molecule has 10 nitrogen and oxygen atoms in total. The molecule has 35 heavy (non-hydrogen) atoms. The van der Waals surface area contributed by atoms with Gasteiger partial charge in [0.2, 0.25) is 11.8 Å². The zero-order chi connectivity index (χ0) is 24.5. The van der Waals surface area contributed by atoms with E-state index in [9.17, 15) is 4.79 Å². The number of hydrogen-bond donors (Lipinski definition) is 1. The minimum atomic E-state index is -0.285. The minimum absolute atomic E-state index is 0.157. The number of nitrogens with one attached hydrogen (secondary N) is 1. The topological polar surface area (TPSA) is 113 Å². The van der Waals surface area contributed by atoms with E-state index in [-0.39, 0.29) is 17.5 Å². The van der Waals surface area contributed by atoms with Gasteiger partial charge in [0.25, 0.3) is 5.56 Å². The monoisotopic (exact) mass is 508 g/mol. The summed E-state index contributed by atoms with van der Waals surface area (Å²) >= 11 is 12.6. The van der Waals surface area contributed by atoms with Crippen molar-refractivity contribution >= 4 is 45.9 Å². The van der Waals surface area contributed by atoms with Crippen LogP contribution in [0.4, 0.5) is 11.6 Å². The predicted octanol–water partition coefficient (Wildman–Crippen LogP) is 4.84. The van der Waals surface area contributed by atoms with Gasteiger partial charge in [-0.2, -0.15) is 4.98 Å². The Labute approximate surface area is 209 Å². The number of rotatable bonds is 6. The predicted molar refractivity (Wildman–Crippen MR) is 134 cm³/mol. The second kappa shape index (κ2) is 9.32. The summed E-state index contributed by atoms with van der Waals surface area (Å²) < 4.78 is 8.72. The van der Waals surface area contributed by atoms with Crippen molar-refractivity contribution in [3.8, 4) is 23.0 Å². The quantitative estimate of drug-likeness (QED) is 0.346. The van der Waals surface area contributed by atoms with Gasteiger partial charge in [-0.15, -0.1) is 5.10 Å². The van der Waals surface area contributed by atoms with Gasteiger partial charge in [-0.1, -0.05) is 29.3 Å². The van der Waals surface area contributed by atoms with Crippen molar-refractivity contribution in [2.24, 2.45) is 7.05 Å².